The van der Waals surface area contributed by atoms with Gasteiger partial charge in [-0.2, -0.15) is 0 Å². The minimum Gasteiger partial charge on any atom is -0.344 e. The predicted molar refractivity (Wildman–Crippen MR) is 105 cm³/mol. The fourth-order valence-corrected chi connectivity index (χ4v) is 3.37. The number of halogens is 1. The lowest BCUT2D eigenvalue weighted by molar-refractivity contribution is -0.138. The highest BCUT2D eigenvalue weighted by molar-refractivity contribution is 6.30. The van der Waals surface area contributed by atoms with E-state index in [0.717, 1.165) is 31.7 Å². The smallest absolute Gasteiger partial charge is 0.245 e. The summed E-state index contributed by atoms with van der Waals surface area (Å²) in [6.45, 7) is 7.35. The summed E-state index contributed by atoms with van der Waals surface area (Å²) in [5.74, 6) is 0.297. The molecule has 1 aliphatic heterocycles. The zero-order valence-electron chi connectivity index (χ0n) is 16.0. The number of nitrogens with one attached hydrogen (secondary N) is 1. The topological polar surface area (TPSA) is 52.7 Å². The molecule has 2 amide bonds. The number of benzene rings is 1. The summed E-state index contributed by atoms with van der Waals surface area (Å²) in [6, 6.07) is 7.09. The normalized spacial score (nSPS) is 16.6. The van der Waals surface area contributed by atoms with Crippen LogP contribution in [0, 0.1) is 5.92 Å². The first kappa shape index (κ1) is 20.7. The van der Waals surface area contributed by atoms with E-state index in [-0.39, 0.29) is 11.8 Å². The largest absolute Gasteiger partial charge is 0.344 e. The standard InChI is InChI=1S/C20H30ClN3O2/c1-15(2)13-18(20(26)24-11-9-23(3)10-12-24)22-19(25)8-7-16-5-4-6-17(21)14-16/h4-6,14-15,18H,7-13H2,1-3H3,(H,22,25). The lowest BCUT2D eigenvalue weighted by atomic mass is 10.0. The van der Waals surface area contributed by atoms with Crippen molar-refractivity contribution in [3.8, 4) is 0 Å². The number of piperazine rings is 1. The van der Waals surface area contributed by atoms with E-state index < -0.39 is 6.04 Å². The van der Waals surface area contributed by atoms with E-state index in [9.17, 15) is 9.59 Å². The Bertz CT molecular complexity index is 613. The Morgan fingerprint density at radius 3 is 2.50 bits per heavy atom. The van der Waals surface area contributed by atoms with E-state index in [1.165, 1.54) is 0 Å². The van der Waals surface area contributed by atoms with Crippen molar-refractivity contribution in [3.63, 3.8) is 0 Å². The van der Waals surface area contributed by atoms with Gasteiger partial charge in [0.05, 0.1) is 0 Å². The Balaban J connectivity index is 1.91. The molecular weight excluding hydrogens is 350 g/mol. The van der Waals surface area contributed by atoms with E-state index >= 15 is 0 Å². The maximum atomic E-state index is 12.9. The number of hydrogen-bond donors (Lipinski definition) is 1. The van der Waals surface area contributed by atoms with Gasteiger partial charge in [-0.1, -0.05) is 37.6 Å². The van der Waals surface area contributed by atoms with E-state index in [1.54, 1.807) is 0 Å². The van der Waals surface area contributed by atoms with Gasteiger partial charge in [0.25, 0.3) is 0 Å². The second kappa shape index (κ2) is 9.93. The summed E-state index contributed by atoms with van der Waals surface area (Å²) in [6.07, 6.45) is 1.63. The van der Waals surface area contributed by atoms with Crippen molar-refractivity contribution in [1.82, 2.24) is 15.1 Å². The summed E-state index contributed by atoms with van der Waals surface area (Å²) >= 11 is 5.99. The first-order valence-corrected chi connectivity index (χ1v) is 9.74. The molecule has 0 aliphatic carbocycles. The van der Waals surface area contributed by atoms with Crippen LogP contribution in [-0.2, 0) is 16.0 Å². The molecule has 0 spiro atoms. The Kier molecular flexibility index (Phi) is 7.91. The van der Waals surface area contributed by atoms with Crippen LogP contribution in [-0.4, -0.2) is 60.9 Å². The molecule has 1 saturated heterocycles. The number of nitrogens with zero attached hydrogens (tertiary/aromatic N) is 2. The summed E-state index contributed by atoms with van der Waals surface area (Å²) in [5.41, 5.74) is 1.03. The highest BCUT2D eigenvalue weighted by Gasteiger charge is 2.28. The second-order valence-corrected chi connectivity index (χ2v) is 7.94. The first-order chi connectivity index (χ1) is 12.3. The highest BCUT2D eigenvalue weighted by atomic mass is 35.5. The van der Waals surface area contributed by atoms with Crippen LogP contribution in [0.3, 0.4) is 0 Å². The predicted octanol–water partition coefficient (Wildman–Crippen LogP) is 2.58. The lowest BCUT2D eigenvalue weighted by Gasteiger charge is -2.35. The van der Waals surface area contributed by atoms with Gasteiger partial charge in [-0.15, -0.1) is 0 Å². The van der Waals surface area contributed by atoms with Crippen molar-refractivity contribution >= 4 is 23.4 Å². The average molecular weight is 380 g/mol. The number of rotatable bonds is 7. The molecule has 6 heteroatoms. The Labute approximate surface area is 161 Å². The SMILES string of the molecule is CC(C)CC(NC(=O)CCc1cccc(Cl)c1)C(=O)N1CCN(C)CC1. The van der Waals surface area contributed by atoms with Crippen LogP contribution in [0.5, 0.6) is 0 Å². The van der Waals surface area contributed by atoms with Gasteiger partial charge in [0, 0.05) is 37.6 Å². The molecule has 1 unspecified atom stereocenters. The van der Waals surface area contributed by atoms with Gasteiger partial charge in [-0.3, -0.25) is 9.59 Å². The van der Waals surface area contributed by atoms with Gasteiger partial charge in [0.2, 0.25) is 11.8 Å². The van der Waals surface area contributed by atoms with Gasteiger partial charge >= 0.3 is 0 Å². The number of amides is 2. The van der Waals surface area contributed by atoms with Crippen LogP contribution >= 0.6 is 11.6 Å². The number of carbonyl (C=O) groups is 2. The molecule has 1 heterocycles. The molecule has 2 rings (SSSR count). The molecule has 1 fully saturated rings. The Morgan fingerprint density at radius 1 is 1.19 bits per heavy atom. The van der Waals surface area contributed by atoms with E-state index in [1.807, 2.05) is 29.2 Å². The van der Waals surface area contributed by atoms with Crippen molar-refractivity contribution < 1.29 is 9.59 Å². The third kappa shape index (κ3) is 6.61. The molecule has 0 bridgehead atoms. The third-order valence-electron chi connectivity index (χ3n) is 4.69. The van der Waals surface area contributed by atoms with Crippen molar-refractivity contribution in [2.24, 2.45) is 5.92 Å². The van der Waals surface area contributed by atoms with Crippen LogP contribution in [0.1, 0.15) is 32.3 Å². The summed E-state index contributed by atoms with van der Waals surface area (Å²) in [7, 11) is 2.06. The maximum absolute atomic E-state index is 12.9. The molecule has 144 valence electrons. The van der Waals surface area contributed by atoms with Crippen LogP contribution < -0.4 is 5.32 Å². The van der Waals surface area contributed by atoms with Crippen molar-refractivity contribution in [2.75, 3.05) is 33.2 Å². The lowest BCUT2D eigenvalue weighted by Crippen LogP contribution is -2.54. The molecular formula is C20H30ClN3O2. The minimum absolute atomic E-state index is 0.0444. The second-order valence-electron chi connectivity index (χ2n) is 7.51. The monoisotopic (exact) mass is 379 g/mol. The van der Waals surface area contributed by atoms with Gasteiger partial charge < -0.3 is 15.1 Å². The molecule has 1 aliphatic rings. The quantitative estimate of drug-likeness (QED) is 0.792. The van der Waals surface area contributed by atoms with Gasteiger partial charge in [0.15, 0.2) is 0 Å². The number of likely N-dealkylation sites (N-methyl/N-ethyl adjacent to an activating group) is 1. The van der Waals surface area contributed by atoms with E-state index in [0.29, 0.717) is 30.2 Å². The molecule has 1 aromatic rings. The highest BCUT2D eigenvalue weighted by Crippen LogP contribution is 2.13. The summed E-state index contributed by atoms with van der Waals surface area (Å²) in [4.78, 5) is 29.4. The van der Waals surface area contributed by atoms with Crippen LogP contribution in [0.15, 0.2) is 24.3 Å². The molecule has 0 saturated carbocycles. The fourth-order valence-electron chi connectivity index (χ4n) is 3.16. The number of aryl methyl sites for hydroxylation is 1. The summed E-state index contributed by atoms with van der Waals surface area (Å²) < 4.78 is 0. The van der Waals surface area contributed by atoms with E-state index in [4.69, 9.17) is 11.6 Å². The van der Waals surface area contributed by atoms with Gasteiger partial charge in [-0.25, -0.2) is 0 Å². The number of carbonyl (C=O) groups excluding carboxylic acids is 2. The third-order valence-corrected chi connectivity index (χ3v) is 4.92. The van der Waals surface area contributed by atoms with Crippen molar-refractivity contribution in [2.45, 2.75) is 39.2 Å². The zero-order chi connectivity index (χ0) is 19.1. The van der Waals surface area contributed by atoms with Crippen LogP contribution in [0.25, 0.3) is 0 Å². The molecule has 1 atom stereocenters. The molecule has 1 N–H and O–H groups in total. The Morgan fingerprint density at radius 2 is 1.88 bits per heavy atom. The molecule has 0 aromatic heterocycles. The average Bonchev–Trinajstić information content (AvgIpc) is 2.59. The van der Waals surface area contributed by atoms with Gasteiger partial charge in [-0.05, 0) is 43.5 Å². The van der Waals surface area contributed by atoms with Gasteiger partial charge in [0.1, 0.15) is 6.04 Å². The molecule has 5 nitrogen and oxygen atoms in total. The minimum atomic E-state index is -0.440. The first-order valence-electron chi connectivity index (χ1n) is 9.36. The number of hydrogen-bond acceptors (Lipinski definition) is 3. The zero-order valence-corrected chi connectivity index (χ0v) is 16.8. The summed E-state index contributed by atoms with van der Waals surface area (Å²) in [5, 5.41) is 3.64. The van der Waals surface area contributed by atoms with Crippen molar-refractivity contribution in [1.29, 1.82) is 0 Å². The van der Waals surface area contributed by atoms with Crippen LogP contribution in [0.4, 0.5) is 0 Å². The molecule has 1 aromatic carbocycles. The Hall–Kier alpha value is -1.59. The molecule has 26 heavy (non-hydrogen) atoms. The maximum Gasteiger partial charge on any atom is 0.245 e. The fraction of sp³-hybridized carbons (Fsp3) is 0.600. The van der Waals surface area contributed by atoms with E-state index in [2.05, 4.69) is 31.1 Å². The van der Waals surface area contributed by atoms with Crippen molar-refractivity contribution in [3.05, 3.63) is 34.9 Å². The van der Waals surface area contributed by atoms with Crippen LogP contribution in [0.2, 0.25) is 5.02 Å². The molecule has 0 radical (unpaired) electrons.